The zero-order valence-corrected chi connectivity index (χ0v) is 9.88. The molecule has 3 aliphatic rings. The Morgan fingerprint density at radius 3 is 1.93 bits per heavy atom. The Labute approximate surface area is 94.0 Å². The maximum Gasteiger partial charge on any atom is 0.00671 e. The molecule has 0 heterocycles. The fourth-order valence-electron chi connectivity index (χ4n) is 3.38. The van der Waals surface area contributed by atoms with Crippen molar-refractivity contribution in [2.75, 3.05) is 6.54 Å². The zero-order valence-electron chi connectivity index (χ0n) is 9.88. The molecule has 3 saturated carbocycles. The van der Waals surface area contributed by atoms with E-state index < -0.39 is 0 Å². The van der Waals surface area contributed by atoms with Crippen LogP contribution >= 0.6 is 0 Å². The van der Waals surface area contributed by atoms with E-state index >= 15 is 0 Å². The quantitative estimate of drug-likeness (QED) is 0.729. The van der Waals surface area contributed by atoms with Crippen LogP contribution < -0.4 is 5.32 Å². The predicted octanol–water partition coefficient (Wildman–Crippen LogP) is 3.34. The number of hydrogen-bond acceptors (Lipinski definition) is 1. The van der Waals surface area contributed by atoms with Gasteiger partial charge >= 0.3 is 0 Å². The van der Waals surface area contributed by atoms with E-state index in [1.165, 1.54) is 64.3 Å². The molecule has 0 aromatic heterocycles. The lowest BCUT2D eigenvalue weighted by molar-refractivity contribution is 0.313. The summed E-state index contributed by atoms with van der Waals surface area (Å²) in [6.45, 7) is 1.35. The third-order valence-electron chi connectivity index (χ3n) is 4.70. The van der Waals surface area contributed by atoms with Crippen molar-refractivity contribution in [1.82, 2.24) is 5.32 Å². The van der Waals surface area contributed by atoms with Gasteiger partial charge in [0.25, 0.3) is 0 Å². The van der Waals surface area contributed by atoms with Gasteiger partial charge in [-0.1, -0.05) is 19.3 Å². The third kappa shape index (κ3) is 2.75. The van der Waals surface area contributed by atoms with Gasteiger partial charge in [-0.05, 0) is 62.8 Å². The smallest absolute Gasteiger partial charge is 0.00671 e. The van der Waals surface area contributed by atoms with Gasteiger partial charge in [0.05, 0.1) is 0 Å². The molecule has 0 atom stereocenters. The Bertz CT molecular complexity index is 187. The molecule has 0 unspecified atom stereocenters. The lowest BCUT2D eigenvalue weighted by Gasteiger charge is -2.26. The van der Waals surface area contributed by atoms with E-state index in [0.29, 0.717) is 0 Å². The topological polar surface area (TPSA) is 12.0 Å². The standard InChI is InChI=1S/C14H25N/c1-2-4-13(5-3-1)15-10-14(11-6-7-11)12-8-9-12/h11-15H,1-10H2. The molecule has 86 valence electrons. The van der Waals surface area contributed by atoms with Crippen molar-refractivity contribution in [2.24, 2.45) is 17.8 Å². The first-order valence-electron chi connectivity index (χ1n) is 7.17. The van der Waals surface area contributed by atoms with E-state index in [1.807, 2.05) is 0 Å². The van der Waals surface area contributed by atoms with Crippen molar-refractivity contribution < 1.29 is 0 Å². The zero-order chi connectivity index (χ0) is 10.1. The van der Waals surface area contributed by atoms with Gasteiger partial charge in [0.15, 0.2) is 0 Å². The van der Waals surface area contributed by atoms with Crippen LogP contribution in [0, 0.1) is 17.8 Å². The molecule has 3 rings (SSSR count). The maximum atomic E-state index is 3.86. The highest BCUT2D eigenvalue weighted by molar-refractivity contribution is 4.93. The molecule has 3 fully saturated rings. The van der Waals surface area contributed by atoms with Crippen molar-refractivity contribution in [2.45, 2.75) is 63.8 Å². The first-order chi connectivity index (χ1) is 7.43. The molecule has 0 radical (unpaired) electrons. The molecule has 15 heavy (non-hydrogen) atoms. The predicted molar refractivity (Wildman–Crippen MR) is 63.8 cm³/mol. The Hall–Kier alpha value is -0.0400. The lowest BCUT2D eigenvalue weighted by Crippen LogP contribution is -2.36. The van der Waals surface area contributed by atoms with Crippen molar-refractivity contribution in [1.29, 1.82) is 0 Å². The second kappa shape index (κ2) is 4.45. The molecule has 0 bridgehead atoms. The molecule has 1 nitrogen and oxygen atoms in total. The highest BCUT2D eigenvalue weighted by Crippen LogP contribution is 2.48. The molecular weight excluding hydrogens is 182 g/mol. The molecule has 0 aromatic carbocycles. The van der Waals surface area contributed by atoms with Gasteiger partial charge in [-0.25, -0.2) is 0 Å². The number of rotatable bonds is 5. The summed E-state index contributed by atoms with van der Waals surface area (Å²) in [5.74, 6) is 3.30. The third-order valence-corrected chi connectivity index (χ3v) is 4.70. The molecule has 0 amide bonds. The summed E-state index contributed by atoms with van der Waals surface area (Å²) in [5, 5.41) is 3.86. The van der Waals surface area contributed by atoms with E-state index in [1.54, 1.807) is 0 Å². The van der Waals surface area contributed by atoms with Gasteiger partial charge in [0.1, 0.15) is 0 Å². The minimum absolute atomic E-state index is 0.874. The summed E-state index contributed by atoms with van der Waals surface area (Å²) in [6, 6.07) is 0.874. The molecule has 0 aromatic rings. The minimum atomic E-state index is 0.874. The minimum Gasteiger partial charge on any atom is -0.314 e. The fraction of sp³-hybridized carbons (Fsp3) is 1.00. The van der Waals surface area contributed by atoms with Gasteiger partial charge < -0.3 is 5.32 Å². The molecule has 1 heteroatoms. The summed E-state index contributed by atoms with van der Waals surface area (Å²) in [4.78, 5) is 0. The Kier molecular flexibility index (Phi) is 3.01. The molecule has 3 aliphatic carbocycles. The van der Waals surface area contributed by atoms with E-state index in [-0.39, 0.29) is 0 Å². The fourth-order valence-corrected chi connectivity index (χ4v) is 3.38. The van der Waals surface area contributed by atoms with Crippen molar-refractivity contribution in [3.05, 3.63) is 0 Å². The molecular formula is C14H25N. The van der Waals surface area contributed by atoms with Crippen LogP contribution in [0.3, 0.4) is 0 Å². The normalized spacial score (nSPS) is 28.6. The Balaban J connectivity index is 1.42. The number of nitrogens with one attached hydrogen (secondary N) is 1. The van der Waals surface area contributed by atoms with Crippen LogP contribution in [0.25, 0.3) is 0 Å². The summed E-state index contributed by atoms with van der Waals surface area (Å²) < 4.78 is 0. The highest BCUT2D eigenvalue weighted by Gasteiger charge is 2.41. The highest BCUT2D eigenvalue weighted by atomic mass is 14.9. The summed E-state index contributed by atoms with van der Waals surface area (Å²) in [7, 11) is 0. The van der Waals surface area contributed by atoms with E-state index in [2.05, 4.69) is 5.32 Å². The van der Waals surface area contributed by atoms with Crippen molar-refractivity contribution in [3.63, 3.8) is 0 Å². The summed E-state index contributed by atoms with van der Waals surface area (Å²) in [5.41, 5.74) is 0. The van der Waals surface area contributed by atoms with E-state index in [4.69, 9.17) is 0 Å². The van der Waals surface area contributed by atoms with Crippen LogP contribution in [0.1, 0.15) is 57.8 Å². The molecule has 0 saturated heterocycles. The Morgan fingerprint density at radius 2 is 1.40 bits per heavy atom. The second-order valence-corrected chi connectivity index (χ2v) is 6.08. The molecule has 0 spiro atoms. The monoisotopic (exact) mass is 207 g/mol. The van der Waals surface area contributed by atoms with Crippen LogP contribution in [0.5, 0.6) is 0 Å². The number of hydrogen-bond donors (Lipinski definition) is 1. The van der Waals surface area contributed by atoms with Crippen LogP contribution in [-0.4, -0.2) is 12.6 Å². The maximum absolute atomic E-state index is 3.86. The average Bonchev–Trinajstić information content (AvgIpc) is 3.14. The van der Waals surface area contributed by atoms with Gasteiger partial charge in [0, 0.05) is 6.04 Å². The Morgan fingerprint density at radius 1 is 0.800 bits per heavy atom. The SMILES string of the molecule is C1CCC(NCC(C2CC2)C2CC2)CC1. The second-order valence-electron chi connectivity index (χ2n) is 6.08. The first kappa shape index (κ1) is 10.1. The van der Waals surface area contributed by atoms with Gasteiger partial charge in [-0.3, -0.25) is 0 Å². The molecule has 1 N–H and O–H groups in total. The van der Waals surface area contributed by atoms with Gasteiger partial charge in [0.2, 0.25) is 0 Å². The van der Waals surface area contributed by atoms with Crippen LogP contribution in [-0.2, 0) is 0 Å². The van der Waals surface area contributed by atoms with Gasteiger partial charge in [-0.15, -0.1) is 0 Å². The summed E-state index contributed by atoms with van der Waals surface area (Å²) >= 11 is 0. The summed E-state index contributed by atoms with van der Waals surface area (Å²) in [6.07, 6.45) is 13.4. The van der Waals surface area contributed by atoms with Gasteiger partial charge in [-0.2, -0.15) is 0 Å². The van der Waals surface area contributed by atoms with Crippen LogP contribution in [0.2, 0.25) is 0 Å². The molecule has 0 aliphatic heterocycles. The van der Waals surface area contributed by atoms with E-state index in [9.17, 15) is 0 Å². The van der Waals surface area contributed by atoms with Crippen LogP contribution in [0.4, 0.5) is 0 Å². The largest absolute Gasteiger partial charge is 0.314 e. The van der Waals surface area contributed by atoms with Crippen molar-refractivity contribution in [3.8, 4) is 0 Å². The lowest BCUT2D eigenvalue weighted by atomic mass is 9.93. The van der Waals surface area contributed by atoms with Crippen molar-refractivity contribution >= 4 is 0 Å². The first-order valence-corrected chi connectivity index (χ1v) is 7.17. The van der Waals surface area contributed by atoms with Crippen LogP contribution in [0.15, 0.2) is 0 Å². The average molecular weight is 207 g/mol. The van der Waals surface area contributed by atoms with E-state index in [0.717, 1.165) is 23.8 Å².